The van der Waals surface area contributed by atoms with Crippen LogP contribution in [0.2, 0.25) is 0 Å². The highest BCUT2D eigenvalue weighted by Gasteiger charge is 2.31. The van der Waals surface area contributed by atoms with Gasteiger partial charge in [-0.1, -0.05) is 80.5 Å². The Morgan fingerprint density at radius 3 is 1.02 bits per heavy atom. The van der Waals surface area contributed by atoms with Crippen molar-refractivity contribution in [1.82, 2.24) is 39.8 Å². The Balaban J connectivity index is 0.000000204. The summed E-state index contributed by atoms with van der Waals surface area (Å²) in [4.78, 5) is 170. The van der Waals surface area contributed by atoms with Crippen molar-refractivity contribution in [2.75, 3.05) is 115 Å². The number of likely N-dealkylation sites (N-methyl/N-ethyl adjacent to an activating group) is 1. The van der Waals surface area contributed by atoms with Gasteiger partial charge in [0.2, 0.25) is 0 Å². The molecule has 20 N–H and O–H groups in total. The molecule has 40 nitrogen and oxygen atoms in total. The number of hydrogen-bond donors (Lipinski definition) is 20. The second-order valence-electron chi connectivity index (χ2n) is 31.6. The fourth-order valence-corrected chi connectivity index (χ4v) is 14.5. The van der Waals surface area contributed by atoms with Crippen LogP contribution in [-0.4, -0.2) is 244 Å². The van der Waals surface area contributed by atoms with E-state index in [0.29, 0.717) is 86.2 Å². The molecular weight excluding hydrogens is 1790 g/mol. The van der Waals surface area contributed by atoms with E-state index in [1.165, 1.54) is 19.2 Å². The SMILES string of the molecule is C/C=C/c1c(-c2ccc(N(C)C)cc2)[nH]c(=O)c(C(=O)O)c1O.CC#Cc1c(-c2ccc(N(C)C)cc2)[nH]c(=O)c(C(=O)O)c1O.CCc1c(-c2ccc(N3CCC(N(C)C)C3)nc2)[nH]c(=O)c(C(=O)O)c1O.CCc1c(-c2ccc(O)cc2)[nH]c(=O)c(C(=O)O)c1O.CN(C)c1ccc(-c2[nH]c(=O)c(C(=O)O)c(O)c2CO)cc1.COCc1c(-c2ccc(N(C)C)cc2)[nH]c(=O)c(C(=O)O)c1O. The molecule has 40 heteroatoms. The number of carbonyl (C=O) groups is 6. The van der Waals surface area contributed by atoms with E-state index >= 15 is 0 Å². The molecule has 1 unspecified atom stereocenters. The summed E-state index contributed by atoms with van der Waals surface area (Å²) in [7, 11) is 20.8. The monoisotopic (exact) mass is 1900 g/mol. The number of H-pyrrole nitrogens is 6. The van der Waals surface area contributed by atoms with Crippen molar-refractivity contribution in [3.63, 3.8) is 0 Å². The highest BCUT2D eigenvalue weighted by atomic mass is 16.5. The average Bonchev–Trinajstić information content (AvgIpc) is 1.35. The Labute approximate surface area is 787 Å². The molecule has 0 radical (unpaired) electrons. The second-order valence-corrected chi connectivity index (χ2v) is 31.6. The van der Waals surface area contributed by atoms with Crippen molar-refractivity contribution in [2.45, 2.75) is 66.2 Å². The number of nitrogens with one attached hydrogen (secondary N) is 6. The summed E-state index contributed by atoms with van der Waals surface area (Å²) in [6.45, 7) is 8.03. The van der Waals surface area contributed by atoms with Crippen LogP contribution < -0.4 is 57.9 Å². The number of aliphatic hydroxyl groups is 1. The maximum Gasteiger partial charge on any atom is 0.345 e. The van der Waals surface area contributed by atoms with E-state index in [1.807, 2.05) is 125 Å². The number of carboxylic acid groups (broad SMARTS) is 6. The molecule has 724 valence electrons. The number of benzene rings is 5. The van der Waals surface area contributed by atoms with E-state index < -0.39 is 144 Å². The minimum absolute atomic E-state index is 0.0328. The van der Waals surface area contributed by atoms with Crippen molar-refractivity contribution >= 4 is 70.5 Å². The molecule has 1 fully saturated rings. The molecule has 0 saturated carbocycles. The van der Waals surface area contributed by atoms with Gasteiger partial charge in [0.1, 0.15) is 40.3 Å². The molecule has 1 saturated heterocycles. The number of nitrogens with zero attached hydrogens (tertiary/aromatic N) is 7. The van der Waals surface area contributed by atoms with E-state index in [2.05, 4.69) is 70.6 Å². The van der Waals surface area contributed by atoms with Gasteiger partial charge >= 0.3 is 35.8 Å². The summed E-state index contributed by atoms with van der Waals surface area (Å²) in [6.07, 6.45) is 6.66. The van der Waals surface area contributed by atoms with E-state index in [4.69, 9.17) is 35.4 Å². The number of carboxylic acids is 6. The van der Waals surface area contributed by atoms with Crippen LogP contribution in [-0.2, 0) is 30.8 Å². The lowest BCUT2D eigenvalue weighted by molar-refractivity contribution is 0.0679. The predicted octanol–water partition coefficient (Wildman–Crippen LogP) is 10.3. The lowest BCUT2D eigenvalue weighted by Gasteiger charge is -2.21. The number of aromatic amines is 6. The normalized spacial score (nSPS) is 11.7. The molecule has 7 aromatic heterocycles. The molecule has 1 aliphatic rings. The molecule has 0 spiro atoms. The minimum Gasteiger partial charge on any atom is -0.508 e. The Bertz CT molecular complexity index is 7010. The van der Waals surface area contributed by atoms with E-state index in [1.54, 1.807) is 119 Å². The first-order valence-corrected chi connectivity index (χ1v) is 42.0. The van der Waals surface area contributed by atoms with Crippen LogP contribution >= 0.6 is 0 Å². The summed E-state index contributed by atoms with van der Waals surface area (Å²) in [6, 6.07) is 39.1. The fourth-order valence-electron chi connectivity index (χ4n) is 14.5. The molecule has 5 aromatic carbocycles. The van der Waals surface area contributed by atoms with Gasteiger partial charge in [0.25, 0.3) is 33.4 Å². The largest absolute Gasteiger partial charge is 0.508 e. The molecule has 0 bridgehead atoms. The topological polar surface area (TPSA) is 624 Å². The van der Waals surface area contributed by atoms with Crippen molar-refractivity contribution in [1.29, 1.82) is 0 Å². The third-order valence-electron chi connectivity index (χ3n) is 21.7. The number of rotatable bonds is 24. The van der Waals surface area contributed by atoms with Crippen molar-refractivity contribution in [3.8, 4) is 120 Å². The predicted molar refractivity (Wildman–Crippen MR) is 520 cm³/mol. The summed E-state index contributed by atoms with van der Waals surface area (Å²) >= 11 is 0. The number of allylic oxidation sites excluding steroid dienone is 1. The van der Waals surface area contributed by atoms with Crippen LogP contribution in [0.1, 0.15) is 130 Å². The van der Waals surface area contributed by atoms with Crippen LogP contribution in [0.25, 0.3) is 73.6 Å². The number of ether oxygens (including phenoxy) is 1. The highest BCUT2D eigenvalue weighted by molar-refractivity contribution is 5.97. The number of hydrogen-bond acceptors (Lipinski definition) is 28. The highest BCUT2D eigenvalue weighted by Crippen LogP contribution is 2.38. The maximum atomic E-state index is 12.1. The van der Waals surface area contributed by atoms with Gasteiger partial charge in [-0.05, 0) is 160 Å². The number of phenolic OH excluding ortho intramolecular Hbond substituents is 1. The van der Waals surface area contributed by atoms with Gasteiger partial charge in [0.05, 0.1) is 52.9 Å². The number of anilines is 5. The molecule has 13 rings (SSSR count). The molecule has 138 heavy (non-hydrogen) atoms. The number of phenols is 1. The average molecular weight is 1900 g/mol. The molecule has 0 amide bonds. The Kier molecular flexibility index (Phi) is 35.9. The van der Waals surface area contributed by atoms with E-state index in [-0.39, 0.29) is 46.0 Å². The van der Waals surface area contributed by atoms with Crippen LogP contribution in [0.4, 0.5) is 28.6 Å². The zero-order chi connectivity index (χ0) is 102. The van der Waals surface area contributed by atoms with Gasteiger partial charge in [-0.25, -0.2) is 33.8 Å². The van der Waals surface area contributed by atoms with Gasteiger partial charge in [-0.15, -0.1) is 5.92 Å². The first-order valence-electron chi connectivity index (χ1n) is 42.0. The van der Waals surface area contributed by atoms with Crippen LogP contribution in [0, 0.1) is 11.8 Å². The molecule has 1 aliphatic heterocycles. The Morgan fingerprint density at radius 1 is 0.413 bits per heavy atom. The zero-order valence-electron chi connectivity index (χ0n) is 77.7. The van der Waals surface area contributed by atoms with Gasteiger partial charge in [0.15, 0.2) is 39.1 Å². The third kappa shape index (κ3) is 24.5. The summed E-state index contributed by atoms with van der Waals surface area (Å²) in [5.74, 6) is -6.20. The zero-order valence-corrected chi connectivity index (χ0v) is 77.7. The standard InChI is InChI=1S/C19H24N4O4.C17H18N2O4.C17H16N2O4.C16H18N2O5.C15H16N2O5.C14H13NO5/c1-4-13-16(21-18(25)15(17(13)24)19(26)27)11-5-6-14(20-9-11)23-8-7-12(10-23)22(2)3;2*1-4-5-12-14(10-6-8-11(9-7-10)19(2)3)18-16(21)13(15(12)20)17(22)23;1-18(2)10-6-4-9(5-7-10)13-11(8-23-3)14(19)12(16(21)22)15(20)17-13;1-17(2)9-5-3-8(4-6-9)12-10(7-18)13(19)11(15(21)22)14(20)16-12;1-2-9-11(7-3-5-8(16)6-4-7)15-13(18)10(12(9)17)14(19)20/h5-6,9,12H,4,7-8,10H2,1-3H3,(H,26,27)(H2,21,24,25);4-9H,1-3H3,(H,22,23)(H2,18,20,21);6-9H,1-3H3,(H,22,23)(H2,18,20,21);4-7H,8H2,1-3H3,(H,21,22)(H2,17,19,20);3-6,18H,7H2,1-2H3,(H,21,22)(H2,16,19,20);3-6,16H,2H2,1H3,(H,19,20)(H2,15,17,18)/b;5-4+;;;;. The van der Waals surface area contributed by atoms with Gasteiger partial charge in [-0.3, -0.25) is 28.8 Å². The number of aromatic carboxylic acids is 6. The van der Waals surface area contributed by atoms with Crippen LogP contribution in [0.15, 0.2) is 175 Å². The summed E-state index contributed by atoms with van der Waals surface area (Å²) in [5, 5.41) is 134. The smallest absolute Gasteiger partial charge is 0.345 e. The van der Waals surface area contributed by atoms with Crippen molar-refractivity contribution in [2.24, 2.45) is 0 Å². The molecule has 8 heterocycles. The maximum absolute atomic E-state index is 12.1. The first kappa shape index (κ1) is 106. The second kappa shape index (κ2) is 46.8. The fraction of sp³-hybridized carbons (Fsp3) is 0.235. The van der Waals surface area contributed by atoms with Crippen LogP contribution in [0.3, 0.4) is 0 Å². The number of aromatic nitrogens is 7. The van der Waals surface area contributed by atoms with Crippen molar-refractivity contribution < 1.29 is 105 Å². The van der Waals surface area contributed by atoms with Crippen molar-refractivity contribution in [3.05, 3.63) is 275 Å². The lowest BCUT2D eigenvalue weighted by Crippen LogP contribution is -2.31. The number of aromatic hydroxyl groups is 7. The van der Waals surface area contributed by atoms with Gasteiger partial charge in [-0.2, -0.15) is 0 Å². The molecule has 0 aliphatic carbocycles. The quantitative estimate of drug-likeness (QED) is 0.0250. The Morgan fingerprint density at radius 2 is 0.710 bits per heavy atom. The molecule has 1 atom stereocenters. The summed E-state index contributed by atoms with van der Waals surface area (Å²) in [5.41, 5.74) is 1.43. The lowest BCUT2D eigenvalue weighted by atomic mass is 10.0. The number of aliphatic hydroxyl groups excluding tert-OH is 1. The van der Waals surface area contributed by atoms with Crippen LogP contribution in [0.5, 0.6) is 40.2 Å². The summed E-state index contributed by atoms with van der Waals surface area (Å²) < 4.78 is 5.02. The first-order chi connectivity index (χ1) is 65.2. The molecule has 12 aromatic rings. The van der Waals surface area contributed by atoms with E-state index in [9.17, 15) is 98.4 Å². The number of methoxy groups -OCH3 is 1. The third-order valence-corrected chi connectivity index (χ3v) is 21.7. The number of pyridine rings is 7. The van der Waals surface area contributed by atoms with Gasteiger partial charge in [0, 0.05) is 145 Å². The van der Waals surface area contributed by atoms with Gasteiger partial charge < -0.3 is 136 Å². The van der Waals surface area contributed by atoms with E-state index in [0.717, 1.165) is 48.1 Å². The minimum atomic E-state index is -1.55. The Hall–Kier alpha value is -17.5. The molecular formula is C98H105N13O27.